The van der Waals surface area contributed by atoms with Gasteiger partial charge in [0.25, 0.3) is 0 Å². The molecule has 6 aromatic rings. The van der Waals surface area contributed by atoms with Gasteiger partial charge in [-0.25, -0.2) is 0 Å². The van der Waals surface area contributed by atoms with Gasteiger partial charge in [-0.15, -0.1) is 0 Å². The van der Waals surface area contributed by atoms with E-state index >= 15 is 0 Å². The van der Waals surface area contributed by atoms with Gasteiger partial charge in [-0.3, -0.25) is 4.57 Å². The minimum absolute atomic E-state index is 0. The monoisotopic (exact) mass is 1260 g/mol. The number of phenols is 2. The van der Waals surface area contributed by atoms with Crippen molar-refractivity contribution in [1.82, 2.24) is 0 Å². The smallest absolute Gasteiger partial charge is 0.778 e. The third kappa shape index (κ3) is 29.3. The molecule has 456 valence electrons. The molecule has 17 heteroatoms. The van der Waals surface area contributed by atoms with E-state index < -0.39 is 36.6 Å². The minimum Gasteiger partial charge on any atom is -0.778 e. The van der Waals surface area contributed by atoms with Gasteiger partial charge in [0.2, 0.25) is 0 Å². The molecule has 0 aromatic heterocycles. The second-order valence-corrected chi connectivity index (χ2v) is 40.2. The van der Waals surface area contributed by atoms with Crippen LogP contribution in [0.2, 0.25) is 0 Å². The summed E-state index contributed by atoms with van der Waals surface area (Å²) in [6.45, 7) is 41.3. The van der Waals surface area contributed by atoms with Gasteiger partial charge in [-0.05, 0) is 138 Å². The van der Waals surface area contributed by atoms with E-state index in [9.17, 15) is 37.9 Å². The Balaban J connectivity index is 0.000000536. The summed E-state index contributed by atoms with van der Waals surface area (Å²) in [6, 6.07) is 41.5. The predicted molar refractivity (Wildman–Crippen MR) is 357 cm³/mol. The number of hydrogen-bond acceptors (Lipinski definition) is 11. The zero-order chi connectivity index (χ0) is 62.9. The molecular weight excluding hydrogens is 1160 g/mol. The van der Waals surface area contributed by atoms with Gasteiger partial charge in [-0.2, -0.15) is 0 Å². The Labute approximate surface area is 531 Å². The van der Waals surface area contributed by atoms with Gasteiger partial charge in [0.1, 0.15) is 26.2 Å². The molecule has 0 aliphatic rings. The van der Waals surface area contributed by atoms with Crippen molar-refractivity contribution in [3.05, 3.63) is 172 Å². The SMILES string of the molecule is CCOP(=O)(Cc1cc(C(C)(C)C)c(O)c(C(C)(C)C)c1)OCC.CCOP(=O)([O-])Cc1cc(C(C)(C)C)c(O)c(C(C)(C)C)c1.CP(C)(=O)Cc1ccc2ccccc2c1.CP(C)(=O)Cc1ccccc1.CP(C)(=O)c1ccccc1.[Ca+2]. The zero-order valence-corrected chi connectivity index (χ0v) is 60.8. The normalized spacial score (nSPS) is 13.0. The fourth-order valence-corrected chi connectivity index (χ4v) is 14.5. The maximum Gasteiger partial charge on any atom is 2.00 e. The van der Waals surface area contributed by atoms with Gasteiger partial charge < -0.3 is 46.9 Å². The first kappa shape index (κ1) is 78.4. The van der Waals surface area contributed by atoms with Crippen LogP contribution in [0.3, 0.4) is 0 Å². The van der Waals surface area contributed by atoms with Crippen LogP contribution in [0.25, 0.3) is 10.8 Å². The molecule has 11 nitrogen and oxygen atoms in total. The largest absolute Gasteiger partial charge is 2.00 e. The third-order valence-corrected chi connectivity index (χ3v) is 19.7. The van der Waals surface area contributed by atoms with Crippen LogP contribution in [0.15, 0.2) is 127 Å². The van der Waals surface area contributed by atoms with E-state index in [-0.39, 0.29) is 84.1 Å². The standard InChI is InChI=1S/C19H33O4P.C17H29O4P.C13H15OP.C9H13OP.C8H11OP.Ca/c1-9-22-24(21,23-10-2)13-14-11-15(18(3,4)5)17(20)16(12-14)19(6,7)8;1-8-21-22(19,20)11-12-9-13(16(2,3)4)15(18)14(10-12)17(5,6)7;1-15(2,14)10-11-7-8-12-5-3-4-6-13(12)9-11;1-11(2,10)8-9-6-4-3-5-7-9;1-10(2,9)8-6-4-3-5-7-8;/h11-12,20H,9-10,13H2,1-8H3;9-10,18H,8,11H2,1-7H3,(H,19,20);3-9H,10H2,1-2H3;3-7H,8H2,1-2H3;3-7H,1-2H3;/q;;;;;+2/p-1. The van der Waals surface area contributed by atoms with Crippen LogP contribution in [-0.4, -0.2) is 108 Å². The number of hydrogen-bond donors (Lipinski definition) is 2. The predicted octanol–water partition coefficient (Wildman–Crippen LogP) is 18.2. The quantitative estimate of drug-likeness (QED) is 0.0739. The first-order chi connectivity index (χ1) is 37.3. The minimum atomic E-state index is -3.91. The molecule has 0 aliphatic heterocycles. The number of rotatable bonds is 15. The molecule has 2 N–H and O–H groups in total. The number of benzene rings is 6. The first-order valence-electron chi connectivity index (χ1n) is 28.1. The van der Waals surface area contributed by atoms with E-state index in [1.807, 2.05) is 167 Å². The summed E-state index contributed by atoms with van der Waals surface area (Å²) in [7, 11) is -13.0. The number of aromatic hydroxyl groups is 2. The Kier molecular flexibility index (Phi) is 31.3. The van der Waals surface area contributed by atoms with Crippen LogP contribution in [0.1, 0.15) is 148 Å². The molecule has 0 amide bonds. The molecule has 1 unspecified atom stereocenters. The van der Waals surface area contributed by atoms with E-state index in [0.717, 1.165) is 33.1 Å². The molecule has 83 heavy (non-hydrogen) atoms. The Morgan fingerprint density at radius 3 is 1.07 bits per heavy atom. The van der Waals surface area contributed by atoms with E-state index in [1.54, 1.807) is 32.4 Å². The third-order valence-electron chi connectivity index (χ3n) is 12.5. The topological polar surface area (TPSA) is 177 Å². The summed E-state index contributed by atoms with van der Waals surface area (Å²) in [5.41, 5.74) is 6.07. The zero-order valence-electron chi connectivity index (χ0n) is 54.1. The van der Waals surface area contributed by atoms with Crippen LogP contribution in [0.5, 0.6) is 11.5 Å². The first-order valence-corrected chi connectivity index (χ1v) is 39.7. The maximum atomic E-state index is 12.9. The Bertz CT molecular complexity index is 3130. The van der Waals surface area contributed by atoms with E-state index in [4.69, 9.17) is 13.6 Å². The average molecular weight is 1260 g/mol. The van der Waals surface area contributed by atoms with Crippen LogP contribution in [0.4, 0.5) is 0 Å². The molecule has 0 saturated carbocycles. The molecule has 6 rings (SSSR count). The van der Waals surface area contributed by atoms with Crippen molar-refractivity contribution in [2.24, 2.45) is 0 Å². The molecule has 0 bridgehead atoms. The van der Waals surface area contributed by atoms with Crippen LogP contribution < -0.4 is 10.2 Å². The van der Waals surface area contributed by atoms with Gasteiger partial charge in [0, 0.05) is 23.8 Å². The van der Waals surface area contributed by atoms with Crippen molar-refractivity contribution < 1.29 is 51.5 Å². The Morgan fingerprint density at radius 2 is 0.735 bits per heavy atom. The van der Waals surface area contributed by atoms with Crippen molar-refractivity contribution in [1.29, 1.82) is 0 Å². The van der Waals surface area contributed by atoms with Gasteiger partial charge in [0.05, 0.1) is 40.3 Å². The van der Waals surface area contributed by atoms with E-state index in [2.05, 4.69) is 71.9 Å². The van der Waals surface area contributed by atoms with Crippen LogP contribution in [-0.2, 0) is 82.7 Å². The van der Waals surface area contributed by atoms with Crippen molar-refractivity contribution >= 4 is 90.4 Å². The molecule has 6 aromatic carbocycles. The number of phenolic OH excluding ortho intramolecular Hbond substituents is 2. The molecule has 1 atom stereocenters. The van der Waals surface area contributed by atoms with E-state index in [1.165, 1.54) is 21.9 Å². The second-order valence-electron chi connectivity index (χ2n) is 26.2. The van der Waals surface area contributed by atoms with Gasteiger partial charge in [-0.1, -0.05) is 210 Å². The van der Waals surface area contributed by atoms with Crippen molar-refractivity contribution in [3.8, 4) is 11.5 Å². The molecule has 0 spiro atoms. The van der Waals surface area contributed by atoms with Gasteiger partial charge in [0.15, 0.2) is 0 Å². The molecule has 0 aliphatic carbocycles. The Hall–Kier alpha value is -2.57. The summed E-state index contributed by atoms with van der Waals surface area (Å²) in [6.07, 6.45) is 1.46. The van der Waals surface area contributed by atoms with Crippen molar-refractivity contribution in [3.63, 3.8) is 0 Å². The fraction of sp³-hybridized carbons (Fsp3) is 0.485. The number of fused-ring (bicyclic) bond motifs is 1. The summed E-state index contributed by atoms with van der Waals surface area (Å²) >= 11 is 0. The summed E-state index contributed by atoms with van der Waals surface area (Å²) in [4.78, 5) is 11.9. The maximum absolute atomic E-state index is 12.9. The molecular formula is C66H100CaO11P5+. The fourth-order valence-electron chi connectivity index (χ4n) is 8.66. The molecule has 0 fully saturated rings. The van der Waals surface area contributed by atoms with Crippen LogP contribution in [0, 0.1) is 0 Å². The van der Waals surface area contributed by atoms with Crippen molar-refractivity contribution in [2.45, 2.75) is 150 Å². The molecule has 0 radical (unpaired) electrons. The summed E-state index contributed by atoms with van der Waals surface area (Å²) < 4.78 is 75.1. The van der Waals surface area contributed by atoms with E-state index in [0.29, 0.717) is 36.9 Å². The average Bonchev–Trinajstić information content (AvgIpc) is 3.44. The van der Waals surface area contributed by atoms with Crippen LogP contribution >= 0.6 is 36.6 Å². The molecule has 0 heterocycles. The summed E-state index contributed by atoms with van der Waals surface area (Å²) in [5.74, 6) is 0.572. The van der Waals surface area contributed by atoms with Crippen molar-refractivity contribution in [2.75, 3.05) is 59.8 Å². The van der Waals surface area contributed by atoms with Gasteiger partial charge >= 0.3 is 45.3 Å². The molecule has 0 saturated heterocycles. The summed E-state index contributed by atoms with van der Waals surface area (Å²) in [5, 5.41) is 24.8. The second kappa shape index (κ2) is 33.1. The Morgan fingerprint density at radius 1 is 0.398 bits per heavy atom.